The summed E-state index contributed by atoms with van der Waals surface area (Å²) in [6.07, 6.45) is 2.41. The molecule has 1 aliphatic rings. The Morgan fingerprint density at radius 1 is 0.897 bits per heavy atom. The molecule has 3 heterocycles. The Morgan fingerprint density at radius 3 is 2.46 bits per heavy atom. The van der Waals surface area contributed by atoms with E-state index in [0.717, 1.165) is 5.56 Å². The maximum atomic E-state index is 13.7. The lowest BCUT2D eigenvalue weighted by Crippen LogP contribution is -2.25. The summed E-state index contributed by atoms with van der Waals surface area (Å²) in [5, 5.41) is 11.1. The van der Waals surface area contributed by atoms with Crippen LogP contribution in [0.25, 0.3) is 33.1 Å². The molecule has 3 aromatic carbocycles. The van der Waals surface area contributed by atoms with Gasteiger partial charge in [0, 0.05) is 23.1 Å². The van der Waals surface area contributed by atoms with Gasteiger partial charge in [-0.3, -0.25) is 14.4 Å². The SMILES string of the molecule is COc1ccc(-c2coc3c4c(cc(O)c3c2=O)OC(=O)C[C@@H]4c2coc3ccc(C)cc3c2=O)cc1OC. The quantitative estimate of drug-likeness (QED) is 0.253. The van der Waals surface area contributed by atoms with Crippen LogP contribution in [-0.4, -0.2) is 25.3 Å². The van der Waals surface area contributed by atoms with Crippen LogP contribution in [0, 0.1) is 6.92 Å². The molecular formula is C30H22O9. The fourth-order valence-corrected chi connectivity index (χ4v) is 5.10. The highest BCUT2D eigenvalue weighted by Crippen LogP contribution is 2.45. The number of ether oxygens (including phenoxy) is 3. The number of phenolic OH excluding ortho intramolecular Hbond substituents is 1. The molecular weight excluding hydrogens is 504 g/mol. The van der Waals surface area contributed by atoms with Crippen molar-refractivity contribution in [2.24, 2.45) is 0 Å². The Morgan fingerprint density at radius 2 is 1.69 bits per heavy atom. The zero-order valence-corrected chi connectivity index (χ0v) is 21.2. The monoisotopic (exact) mass is 526 g/mol. The zero-order valence-electron chi connectivity index (χ0n) is 21.2. The van der Waals surface area contributed by atoms with Crippen molar-refractivity contribution in [2.75, 3.05) is 14.2 Å². The van der Waals surface area contributed by atoms with Crippen molar-refractivity contribution in [1.82, 2.24) is 0 Å². The molecule has 2 aromatic heterocycles. The molecule has 9 nitrogen and oxygen atoms in total. The predicted molar refractivity (Wildman–Crippen MR) is 142 cm³/mol. The number of esters is 1. The number of fused-ring (bicyclic) bond motifs is 4. The van der Waals surface area contributed by atoms with Gasteiger partial charge in [-0.1, -0.05) is 17.7 Å². The average Bonchev–Trinajstić information content (AvgIpc) is 2.92. The average molecular weight is 526 g/mol. The molecule has 1 atom stereocenters. The number of aryl methyl sites for hydroxylation is 1. The second-order valence-electron chi connectivity index (χ2n) is 9.31. The van der Waals surface area contributed by atoms with Crippen LogP contribution in [0.2, 0.25) is 0 Å². The smallest absolute Gasteiger partial charge is 0.312 e. The van der Waals surface area contributed by atoms with Crippen LogP contribution in [0.5, 0.6) is 23.0 Å². The molecule has 196 valence electrons. The number of hydrogen-bond donors (Lipinski definition) is 1. The molecule has 0 unspecified atom stereocenters. The minimum Gasteiger partial charge on any atom is -0.507 e. The van der Waals surface area contributed by atoms with Gasteiger partial charge in [0.05, 0.1) is 37.9 Å². The summed E-state index contributed by atoms with van der Waals surface area (Å²) in [6.45, 7) is 1.86. The van der Waals surface area contributed by atoms with E-state index in [9.17, 15) is 19.5 Å². The summed E-state index contributed by atoms with van der Waals surface area (Å²) < 4.78 is 27.7. The van der Waals surface area contributed by atoms with Crippen LogP contribution in [0.4, 0.5) is 0 Å². The first-order valence-corrected chi connectivity index (χ1v) is 12.1. The van der Waals surface area contributed by atoms with E-state index in [2.05, 4.69) is 0 Å². The van der Waals surface area contributed by atoms with Gasteiger partial charge in [0.2, 0.25) is 5.43 Å². The third kappa shape index (κ3) is 3.82. The number of benzene rings is 3. The minimum atomic E-state index is -0.833. The van der Waals surface area contributed by atoms with Gasteiger partial charge in [-0.05, 0) is 36.8 Å². The van der Waals surface area contributed by atoms with Crippen molar-refractivity contribution in [1.29, 1.82) is 0 Å². The molecule has 0 fully saturated rings. The number of phenols is 1. The van der Waals surface area contributed by atoms with E-state index in [-0.39, 0.29) is 39.7 Å². The number of carbonyl (C=O) groups is 1. The van der Waals surface area contributed by atoms with Crippen molar-refractivity contribution in [3.05, 3.63) is 92.1 Å². The molecule has 0 spiro atoms. The lowest BCUT2D eigenvalue weighted by molar-refractivity contribution is -0.135. The van der Waals surface area contributed by atoms with Gasteiger partial charge in [-0.15, -0.1) is 0 Å². The standard InChI is InChI=1S/C30H22O9/c1-14-4-6-21-17(8-14)28(33)19(13-37-21)16-10-25(32)39-24-11-20(31)27-29(34)18(12-38-30(27)26(16)24)15-5-7-22(35-2)23(9-15)36-3/h4-9,11-13,16,31H,10H2,1-3H3/t16-/m1/s1. The molecule has 1 N–H and O–H groups in total. The summed E-state index contributed by atoms with van der Waals surface area (Å²) in [5.74, 6) is -0.951. The van der Waals surface area contributed by atoms with Crippen molar-refractivity contribution in [3.63, 3.8) is 0 Å². The first kappa shape index (κ1) is 24.3. The molecule has 1 aliphatic heterocycles. The molecule has 9 heteroatoms. The van der Waals surface area contributed by atoms with Crippen LogP contribution >= 0.6 is 0 Å². The molecule has 6 rings (SSSR count). The predicted octanol–water partition coefficient (Wildman–Crippen LogP) is 5.04. The van der Waals surface area contributed by atoms with Crippen LogP contribution in [0.15, 0.2) is 73.4 Å². The van der Waals surface area contributed by atoms with Crippen LogP contribution in [0.3, 0.4) is 0 Å². The molecule has 0 saturated carbocycles. The fraction of sp³-hybridized carbons (Fsp3) is 0.167. The first-order valence-electron chi connectivity index (χ1n) is 12.1. The summed E-state index contributed by atoms with van der Waals surface area (Å²) in [6, 6.07) is 11.4. The highest BCUT2D eigenvalue weighted by Gasteiger charge is 2.35. The van der Waals surface area contributed by atoms with E-state index in [1.54, 1.807) is 30.3 Å². The Kier molecular flexibility index (Phi) is 5.64. The highest BCUT2D eigenvalue weighted by molar-refractivity contribution is 5.94. The highest BCUT2D eigenvalue weighted by atomic mass is 16.5. The first-order chi connectivity index (χ1) is 18.8. The van der Waals surface area contributed by atoms with Gasteiger partial charge in [0.1, 0.15) is 34.3 Å². The Labute approximate surface area is 220 Å². The third-order valence-corrected chi connectivity index (χ3v) is 7.00. The van der Waals surface area contributed by atoms with Crippen molar-refractivity contribution < 1.29 is 32.9 Å². The van der Waals surface area contributed by atoms with E-state index in [4.69, 9.17) is 23.0 Å². The normalized spacial score (nSPS) is 14.7. The van der Waals surface area contributed by atoms with Crippen molar-refractivity contribution >= 4 is 27.9 Å². The fourth-order valence-electron chi connectivity index (χ4n) is 5.10. The van der Waals surface area contributed by atoms with Crippen LogP contribution in [-0.2, 0) is 4.79 Å². The third-order valence-electron chi connectivity index (χ3n) is 7.00. The van der Waals surface area contributed by atoms with Crippen LogP contribution < -0.4 is 25.1 Å². The molecule has 5 aromatic rings. The number of rotatable bonds is 4. The van der Waals surface area contributed by atoms with Crippen molar-refractivity contribution in [2.45, 2.75) is 19.3 Å². The maximum Gasteiger partial charge on any atom is 0.312 e. The van der Waals surface area contributed by atoms with E-state index < -0.39 is 23.1 Å². The van der Waals surface area contributed by atoms with Gasteiger partial charge in [0.25, 0.3) is 0 Å². The van der Waals surface area contributed by atoms with E-state index in [1.807, 2.05) is 13.0 Å². The molecule has 39 heavy (non-hydrogen) atoms. The van der Waals surface area contributed by atoms with E-state index >= 15 is 0 Å². The summed E-state index contributed by atoms with van der Waals surface area (Å²) in [5.41, 5.74) is 1.64. The van der Waals surface area contributed by atoms with Crippen LogP contribution in [0.1, 0.15) is 29.0 Å². The van der Waals surface area contributed by atoms with Gasteiger partial charge in [-0.25, -0.2) is 0 Å². The zero-order chi connectivity index (χ0) is 27.4. The summed E-state index contributed by atoms with van der Waals surface area (Å²) >= 11 is 0. The van der Waals surface area contributed by atoms with Gasteiger partial charge in [0.15, 0.2) is 16.9 Å². The number of carbonyl (C=O) groups excluding carboxylic acids is 1. The Balaban J connectivity index is 1.59. The minimum absolute atomic E-state index is 0.00649. The molecule has 0 aliphatic carbocycles. The van der Waals surface area contributed by atoms with Gasteiger partial charge in [-0.2, -0.15) is 0 Å². The van der Waals surface area contributed by atoms with E-state index in [1.165, 1.54) is 32.8 Å². The molecule has 0 radical (unpaired) electrons. The molecule has 0 amide bonds. The number of hydrogen-bond acceptors (Lipinski definition) is 9. The van der Waals surface area contributed by atoms with E-state index in [0.29, 0.717) is 33.6 Å². The Bertz CT molecular complexity index is 1930. The second-order valence-corrected chi connectivity index (χ2v) is 9.31. The topological polar surface area (TPSA) is 125 Å². The largest absolute Gasteiger partial charge is 0.507 e. The summed E-state index contributed by atoms with van der Waals surface area (Å²) in [4.78, 5) is 39.8. The molecule has 0 saturated heterocycles. The second kappa shape index (κ2) is 9.05. The summed E-state index contributed by atoms with van der Waals surface area (Å²) in [7, 11) is 2.98. The van der Waals surface area contributed by atoms with Gasteiger partial charge < -0.3 is 28.2 Å². The number of methoxy groups -OCH3 is 2. The van der Waals surface area contributed by atoms with Crippen molar-refractivity contribution in [3.8, 4) is 34.1 Å². The maximum absolute atomic E-state index is 13.7. The number of aromatic hydroxyl groups is 1. The molecule has 0 bridgehead atoms. The lowest BCUT2D eigenvalue weighted by Gasteiger charge is -2.25. The van der Waals surface area contributed by atoms with Gasteiger partial charge >= 0.3 is 5.97 Å². The Hall–Kier alpha value is -5.05. The lowest BCUT2D eigenvalue weighted by atomic mass is 9.85.